The first-order chi connectivity index (χ1) is 18.7. The number of amides is 1. The number of nitrogens with one attached hydrogen (secondary N) is 1. The first kappa shape index (κ1) is 27.2. The smallest absolute Gasteiger partial charge is 0.279 e. The topological polar surface area (TPSA) is 133 Å². The van der Waals surface area contributed by atoms with Gasteiger partial charge in [-0.15, -0.1) is 0 Å². The van der Waals surface area contributed by atoms with E-state index >= 15 is 0 Å². The minimum Gasteiger partial charge on any atom is -0.505 e. The van der Waals surface area contributed by atoms with Gasteiger partial charge in [-0.2, -0.15) is 0 Å². The van der Waals surface area contributed by atoms with Crippen molar-refractivity contribution < 1.29 is 29.0 Å². The molecule has 4 aromatic rings. The summed E-state index contributed by atoms with van der Waals surface area (Å²) in [6.45, 7) is 4.12. The molecule has 1 aromatic heterocycles. The molecule has 3 aromatic carbocycles. The molecular formula is C29H29N3O7. The molecule has 1 heterocycles. The number of phenolic OH excluding ortho intramolecular Hbond substituents is 1. The summed E-state index contributed by atoms with van der Waals surface area (Å²) in [5.74, 6) is 0.369. The normalized spacial score (nSPS) is 11.7. The van der Waals surface area contributed by atoms with Crippen LogP contribution >= 0.6 is 0 Å². The molecule has 1 atom stereocenters. The Morgan fingerprint density at radius 2 is 1.59 bits per heavy atom. The van der Waals surface area contributed by atoms with Gasteiger partial charge in [0, 0.05) is 23.4 Å². The van der Waals surface area contributed by atoms with E-state index in [1.165, 1.54) is 51.8 Å². The molecule has 0 unspecified atom stereocenters. The van der Waals surface area contributed by atoms with Crippen LogP contribution in [0.1, 0.15) is 52.9 Å². The van der Waals surface area contributed by atoms with Crippen LogP contribution in [0.3, 0.4) is 0 Å². The van der Waals surface area contributed by atoms with Gasteiger partial charge in [-0.05, 0) is 41.3 Å². The molecule has 0 fully saturated rings. The Morgan fingerprint density at radius 3 is 2.13 bits per heavy atom. The van der Waals surface area contributed by atoms with E-state index in [4.69, 9.17) is 14.2 Å². The van der Waals surface area contributed by atoms with E-state index < -0.39 is 16.9 Å². The van der Waals surface area contributed by atoms with E-state index in [9.17, 15) is 20.0 Å². The fourth-order valence-electron chi connectivity index (χ4n) is 4.44. The van der Waals surface area contributed by atoms with Gasteiger partial charge in [0.1, 0.15) is 11.3 Å². The summed E-state index contributed by atoms with van der Waals surface area (Å²) in [5.41, 5.74) is 1.83. The summed E-state index contributed by atoms with van der Waals surface area (Å²) in [6.07, 6.45) is 1.44. The molecular weight excluding hydrogens is 502 g/mol. The van der Waals surface area contributed by atoms with Crippen molar-refractivity contribution in [3.63, 3.8) is 0 Å². The van der Waals surface area contributed by atoms with Crippen LogP contribution in [0, 0.1) is 10.1 Å². The van der Waals surface area contributed by atoms with Crippen molar-refractivity contribution in [2.45, 2.75) is 25.8 Å². The van der Waals surface area contributed by atoms with Crippen molar-refractivity contribution >= 4 is 22.5 Å². The van der Waals surface area contributed by atoms with E-state index in [1.807, 2.05) is 24.3 Å². The summed E-state index contributed by atoms with van der Waals surface area (Å²) in [6, 6.07) is 13.9. The maximum Gasteiger partial charge on any atom is 0.279 e. The molecule has 0 saturated heterocycles. The van der Waals surface area contributed by atoms with Gasteiger partial charge in [0.2, 0.25) is 5.75 Å². The van der Waals surface area contributed by atoms with Crippen molar-refractivity contribution in [2.75, 3.05) is 21.3 Å². The third-order valence-corrected chi connectivity index (χ3v) is 6.52. The monoisotopic (exact) mass is 531 g/mol. The second-order valence-electron chi connectivity index (χ2n) is 9.13. The molecule has 10 heteroatoms. The number of benzene rings is 3. The maximum atomic E-state index is 13.6. The lowest BCUT2D eigenvalue weighted by Crippen LogP contribution is -2.29. The summed E-state index contributed by atoms with van der Waals surface area (Å²) < 4.78 is 16.1. The zero-order valence-electron chi connectivity index (χ0n) is 22.2. The summed E-state index contributed by atoms with van der Waals surface area (Å²) in [4.78, 5) is 29.2. The molecule has 1 amide bonds. The Balaban J connectivity index is 1.89. The van der Waals surface area contributed by atoms with Crippen molar-refractivity contribution in [2.24, 2.45) is 0 Å². The zero-order valence-corrected chi connectivity index (χ0v) is 22.2. The second-order valence-corrected chi connectivity index (χ2v) is 9.13. The van der Waals surface area contributed by atoms with E-state index in [1.54, 1.807) is 6.07 Å². The van der Waals surface area contributed by atoms with Crippen molar-refractivity contribution in [3.05, 3.63) is 93.2 Å². The Labute approximate surface area is 225 Å². The van der Waals surface area contributed by atoms with E-state index in [0.29, 0.717) is 11.3 Å². The molecule has 0 saturated carbocycles. The molecule has 10 nitrogen and oxygen atoms in total. The molecule has 0 bridgehead atoms. The lowest BCUT2D eigenvalue weighted by atomic mass is 9.93. The van der Waals surface area contributed by atoms with Crippen LogP contribution in [-0.2, 0) is 0 Å². The number of pyridine rings is 1. The fourth-order valence-corrected chi connectivity index (χ4v) is 4.44. The molecule has 4 rings (SSSR count). The average Bonchev–Trinajstić information content (AvgIpc) is 2.95. The molecule has 0 spiro atoms. The van der Waals surface area contributed by atoms with Crippen LogP contribution in [0.4, 0.5) is 5.69 Å². The number of phenols is 1. The number of hydrogen-bond acceptors (Lipinski definition) is 8. The zero-order chi connectivity index (χ0) is 28.3. The van der Waals surface area contributed by atoms with E-state index in [0.717, 1.165) is 5.56 Å². The number of hydrogen-bond donors (Lipinski definition) is 2. The number of aromatic nitrogens is 1. The number of nitrogens with zero attached hydrogens (tertiary/aromatic N) is 2. The number of methoxy groups -OCH3 is 3. The van der Waals surface area contributed by atoms with E-state index in [2.05, 4.69) is 24.1 Å². The fraction of sp³-hybridized carbons (Fsp3) is 0.241. The Kier molecular flexibility index (Phi) is 7.85. The maximum absolute atomic E-state index is 13.6. The standard InChI is InChI=1S/C29H29N3O7/c1-16(2)17-8-10-18(11-9-17)25(21-15-22(32(35)36)20-7-6-12-30-26(20)27(21)33)31-29(34)19-13-23(37-3)28(39-5)24(14-19)38-4/h6-16,25,33H,1-5H3,(H,31,34)/t25-/m0/s1. The minimum atomic E-state index is -0.956. The number of ether oxygens (including phenoxy) is 3. The van der Waals surface area contributed by atoms with Crippen LogP contribution in [0.2, 0.25) is 0 Å². The predicted octanol–water partition coefficient (Wildman–Crippen LogP) is 5.52. The molecule has 2 N–H and O–H groups in total. The highest BCUT2D eigenvalue weighted by Crippen LogP contribution is 2.41. The van der Waals surface area contributed by atoms with Gasteiger partial charge in [-0.1, -0.05) is 38.1 Å². The Hall–Kier alpha value is -4.86. The van der Waals surface area contributed by atoms with Gasteiger partial charge >= 0.3 is 0 Å². The molecule has 39 heavy (non-hydrogen) atoms. The van der Waals surface area contributed by atoms with Gasteiger partial charge < -0.3 is 24.6 Å². The van der Waals surface area contributed by atoms with Gasteiger partial charge in [0.05, 0.1) is 37.7 Å². The first-order valence-electron chi connectivity index (χ1n) is 12.2. The number of nitro benzene ring substituents is 1. The highest BCUT2D eigenvalue weighted by molar-refractivity contribution is 5.97. The van der Waals surface area contributed by atoms with Crippen LogP contribution in [-0.4, -0.2) is 42.3 Å². The van der Waals surface area contributed by atoms with E-state index in [-0.39, 0.29) is 50.9 Å². The summed E-state index contributed by atoms with van der Waals surface area (Å²) >= 11 is 0. The van der Waals surface area contributed by atoms with Crippen LogP contribution in [0.25, 0.3) is 10.9 Å². The average molecular weight is 532 g/mol. The number of carbonyl (C=O) groups is 1. The predicted molar refractivity (Wildman–Crippen MR) is 146 cm³/mol. The third kappa shape index (κ3) is 5.26. The molecule has 202 valence electrons. The molecule has 0 aliphatic carbocycles. The SMILES string of the molecule is COc1cc(C(=O)N[C@@H](c2ccc(C(C)C)cc2)c2cc([N+](=O)[O-])c3cccnc3c2O)cc(OC)c1OC. The van der Waals surface area contributed by atoms with Crippen LogP contribution < -0.4 is 19.5 Å². The highest BCUT2D eigenvalue weighted by atomic mass is 16.6. The number of carbonyl (C=O) groups excluding carboxylic acids is 1. The van der Waals surface area contributed by atoms with Gasteiger partial charge in [-0.3, -0.25) is 19.9 Å². The third-order valence-electron chi connectivity index (χ3n) is 6.52. The second kappa shape index (κ2) is 11.3. The lowest BCUT2D eigenvalue weighted by Gasteiger charge is -2.22. The van der Waals surface area contributed by atoms with Gasteiger partial charge in [0.15, 0.2) is 11.5 Å². The minimum absolute atomic E-state index is 0.0625. The number of non-ortho nitro benzene ring substituents is 1. The quantitative estimate of drug-likeness (QED) is 0.213. The molecule has 0 radical (unpaired) electrons. The largest absolute Gasteiger partial charge is 0.505 e. The van der Waals surface area contributed by atoms with Crippen LogP contribution in [0.5, 0.6) is 23.0 Å². The number of fused-ring (bicyclic) bond motifs is 1. The number of aromatic hydroxyl groups is 1. The van der Waals surface area contributed by atoms with Crippen molar-refractivity contribution in [1.29, 1.82) is 0 Å². The van der Waals surface area contributed by atoms with Gasteiger partial charge in [0.25, 0.3) is 11.6 Å². The Bertz CT molecular complexity index is 1510. The number of nitro groups is 1. The van der Waals surface area contributed by atoms with Crippen molar-refractivity contribution in [3.8, 4) is 23.0 Å². The first-order valence-corrected chi connectivity index (χ1v) is 12.2. The summed E-state index contributed by atoms with van der Waals surface area (Å²) in [5, 5.41) is 26.3. The lowest BCUT2D eigenvalue weighted by molar-refractivity contribution is -0.383. The molecule has 0 aliphatic rings. The Morgan fingerprint density at radius 1 is 0.974 bits per heavy atom. The summed E-state index contributed by atoms with van der Waals surface area (Å²) in [7, 11) is 4.34. The number of rotatable bonds is 9. The van der Waals surface area contributed by atoms with Gasteiger partial charge in [-0.25, -0.2) is 0 Å². The highest BCUT2D eigenvalue weighted by Gasteiger charge is 2.28. The molecule has 0 aliphatic heterocycles. The van der Waals surface area contributed by atoms with Crippen molar-refractivity contribution in [1.82, 2.24) is 10.3 Å². The van der Waals surface area contributed by atoms with Crippen LogP contribution in [0.15, 0.2) is 60.8 Å².